The number of hydrogen-bond acceptors (Lipinski definition) is 4. The Hall–Kier alpha value is -3.14. The number of hydrogen-bond donors (Lipinski definition) is 1. The van der Waals surface area contributed by atoms with Gasteiger partial charge in [0.15, 0.2) is 5.58 Å². The molecule has 4 nitrogen and oxygen atoms in total. The number of para-hydroxylation sites is 2. The third kappa shape index (κ3) is 2.92. The Kier molecular flexibility index (Phi) is 3.48. The van der Waals surface area contributed by atoms with Crippen molar-refractivity contribution in [3.05, 3.63) is 78.6 Å². The fourth-order valence-corrected chi connectivity index (χ4v) is 2.47. The molecule has 0 amide bonds. The van der Waals surface area contributed by atoms with Gasteiger partial charge in [0.2, 0.25) is 0 Å². The molecule has 1 N–H and O–H groups in total. The molecule has 2 heterocycles. The summed E-state index contributed by atoms with van der Waals surface area (Å²) in [6.07, 6.45) is 3.65. The fourth-order valence-electron chi connectivity index (χ4n) is 2.47. The molecule has 4 heteroatoms. The second-order valence-corrected chi connectivity index (χ2v) is 5.28. The van der Waals surface area contributed by atoms with E-state index in [-0.39, 0.29) is 0 Å². The summed E-state index contributed by atoms with van der Waals surface area (Å²) >= 11 is 0. The van der Waals surface area contributed by atoms with Gasteiger partial charge in [0.25, 0.3) is 6.01 Å². The lowest BCUT2D eigenvalue weighted by atomic mass is 10.1. The number of aromatic nitrogens is 2. The van der Waals surface area contributed by atoms with Gasteiger partial charge in [0, 0.05) is 18.9 Å². The van der Waals surface area contributed by atoms with Gasteiger partial charge in [-0.2, -0.15) is 4.98 Å². The van der Waals surface area contributed by atoms with Gasteiger partial charge in [-0.25, -0.2) is 0 Å². The average molecular weight is 301 g/mol. The normalized spacial score (nSPS) is 10.8. The van der Waals surface area contributed by atoms with Crippen LogP contribution in [0.2, 0.25) is 0 Å². The molecular weight excluding hydrogens is 286 g/mol. The summed E-state index contributed by atoms with van der Waals surface area (Å²) in [4.78, 5) is 8.55. The molecule has 112 valence electrons. The zero-order valence-electron chi connectivity index (χ0n) is 12.4. The monoisotopic (exact) mass is 301 g/mol. The number of pyridine rings is 1. The molecule has 0 bridgehead atoms. The van der Waals surface area contributed by atoms with Crippen molar-refractivity contribution in [3.8, 4) is 11.1 Å². The Bertz CT molecular complexity index is 881. The SMILES string of the molecule is c1cncc(-c2ccc(CNc3nc4ccccc4o3)cc2)c1. The second kappa shape index (κ2) is 5.93. The molecule has 23 heavy (non-hydrogen) atoms. The highest BCUT2D eigenvalue weighted by Crippen LogP contribution is 2.20. The van der Waals surface area contributed by atoms with Gasteiger partial charge < -0.3 is 9.73 Å². The van der Waals surface area contributed by atoms with E-state index in [1.54, 1.807) is 6.20 Å². The number of nitrogens with one attached hydrogen (secondary N) is 1. The molecule has 4 rings (SSSR count). The van der Waals surface area contributed by atoms with E-state index >= 15 is 0 Å². The highest BCUT2D eigenvalue weighted by Gasteiger charge is 2.04. The van der Waals surface area contributed by atoms with Crippen LogP contribution in [-0.2, 0) is 6.54 Å². The Morgan fingerprint density at radius 1 is 0.870 bits per heavy atom. The predicted molar refractivity (Wildman–Crippen MR) is 91.0 cm³/mol. The molecule has 0 fully saturated rings. The highest BCUT2D eigenvalue weighted by atomic mass is 16.4. The average Bonchev–Trinajstić information content (AvgIpc) is 3.04. The van der Waals surface area contributed by atoms with E-state index in [0.717, 1.165) is 22.2 Å². The number of anilines is 1. The lowest BCUT2D eigenvalue weighted by Crippen LogP contribution is -1.99. The molecule has 0 spiro atoms. The van der Waals surface area contributed by atoms with Crippen LogP contribution in [0.3, 0.4) is 0 Å². The van der Waals surface area contributed by atoms with Crippen LogP contribution in [0.1, 0.15) is 5.56 Å². The Morgan fingerprint density at radius 2 is 1.74 bits per heavy atom. The summed E-state index contributed by atoms with van der Waals surface area (Å²) in [5.74, 6) is 0. The topological polar surface area (TPSA) is 51.0 Å². The summed E-state index contributed by atoms with van der Waals surface area (Å²) in [7, 11) is 0. The van der Waals surface area contributed by atoms with Crippen molar-refractivity contribution in [3.63, 3.8) is 0 Å². The van der Waals surface area contributed by atoms with Crippen molar-refractivity contribution < 1.29 is 4.42 Å². The lowest BCUT2D eigenvalue weighted by Gasteiger charge is -2.04. The second-order valence-electron chi connectivity index (χ2n) is 5.28. The summed E-state index contributed by atoms with van der Waals surface area (Å²) in [5, 5.41) is 3.22. The third-order valence-electron chi connectivity index (χ3n) is 3.69. The van der Waals surface area contributed by atoms with Gasteiger partial charge in [-0.1, -0.05) is 42.5 Å². The van der Waals surface area contributed by atoms with Gasteiger partial charge in [-0.05, 0) is 34.9 Å². The van der Waals surface area contributed by atoms with E-state index in [9.17, 15) is 0 Å². The van der Waals surface area contributed by atoms with Crippen LogP contribution in [0, 0.1) is 0 Å². The fraction of sp³-hybridized carbons (Fsp3) is 0.0526. The molecule has 0 radical (unpaired) electrons. The molecule has 4 aromatic rings. The summed E-state index contributed by atoms with van der Waals surface area (Å²) in [6.45, 7) is 0.667. The molecule has 0 saturated heterocycles. The van der Waals surface area contributed by atoms with Crippen LogP contribution in [0.25, 0.3) is 22.2 Å². The van der Waals surface area contributed by atoms with Crippen molar-refractivity contribution in [2.24, 2.45) is 0 Å². The maximum Gasteiger partial charge on any atom is 0.295 e. The minimum Gasteiger partial charge on any atom is -0.424 e. The minimum absolute atomic E-state index is 0.544. The third-order valence-corrected chi connectivity index (χ3v) is 3.69. The molecular formula is C19H15N3O. The Balaban J connectivity index is 1.47. The van der Waals surface area contributed by atoms with Crippen LogP contribution in [0.4, 0.5) is 6.01 Å². The van der Waals surface area contributed by atoms with Gasteiger partial charge >= 0.3 is 0 Å². The molecule has 0 saturated carbocycles. The quantitative estimate of drug-likeness (QED) is 0.603. The first-order valence-electron chi connectivity index (χ1n) is 7.47. The number of fused-ring (bicyclic) bond motifs is 1. The Labute approximate surface area is 133 Å². The van der Waals surface area contributed by atoms with Crippen LogP contribution in [0.5, 0.6) is 0 Å². The first-order valence-corrected chi connectivity index (χ1v) is 7.47. The predicted octanol–water partition coefficient (Wildman–Crippen LogP) is 4.50. The van der Waals surface area contributed by atoms with Gasteiger partial charge in [0.1, 0.15) is 5.52 Å². The molecule has 2 aromatic heterocycles. The first-order chi connectivity index (χ1) is 11.4. The summed E-state index contributed by atoms with van der Waals surface area (Å²) < 4.78 is 5.65. The van der Waals surface area contributed by atoms with E-state index in [4.69, 9.17) is 4.42 Å². The van der Waals surface area contributed by atoms with Crippen LogP contribution < -0.4 is 5.32 Å². The van der Waals surface area contributed by atoms with E-state index in [0.29, 0.717) is 12.6 Å². The van der Waals surface area contributed by atoms with Crippen molar-refractivity contribution in [1.29, 1.82) is 0 Å². The molecule has 2 aromatic carbocycles. The summed E-state index contributed by atoms with van der Waals surface area (Å²) in [6, 6.07) is 20.7. The largest absolute Gasteiger partial charge is 0.424 e. The van der Waals surface area contributed by atoms with Crippen molar-refractivity contribution in [1.82, 2.24) is 9.97 Å². The number of nitrogens with zero attached hydrogens (tertiary/aromatic N) is 2. The van der Waals surface area contributed by atoms with Crippen LogP contribution in [-0.4, -0.2) is 9.97 Å². The van der Waals surface area contributed by atoms with E-state index in [1.165, 1.54) is 5.56 Å². The van der Waals surface area contributed by atoms with E-state index in [1.807, 2.05) is 36.5 Å². The molecule has 0 unspecified atom stereocenters. The number of oxazole rings is 1. The van der Waals surface area contributed by atoms with Crippen molar-refractivity contribution in [2.75, 3.05) is 5.32 Å². The summed E-state index contributed by atoms with van der Waals surface area (Å²) in [5.41, 5.74) is 5.10. The van der Waals surface area contributed by atoms with Gasteiger partial charge in [0.05, 0.1) is 0 Å². The van der Waals surface area contributed by atoms with E-state index < -0.39 is 0 Å². The van der Waals surface area contributed by atoms with Crippen molar-refractivity contribution in [2.45, 2.75) is 6.54 Å². The zero-order valence-corrected chi connectivity index (χ0v) is 12.4. The van der Waals surface area contributed by atoms with Crippen LogP contribution >= 0.6 is 0 Å². The lowest BCUT2D eigenvalue weighted by molar-refractivity contribution is 0.614. The molecule has 0 atom stereocenters. The smallest absolute Gasteiger partial charge is 0.295 e. The zero-order chi connectivity index (χ0) is 15.5. The van der Waals surface area contributed by atoms with E-state index in [2.05, 4.69) is 45.6 Å². The minimum atomic E-state index is 0.544. The maximum absolute atomic E-state index is 5.65. The maximum atomic E-state index is 5.65. The first kappa shape index (κ1) is 13.5. The van der Waals surface area contributed by atoms with Gasteiger partial charge in [-0.3, -0.25) is 4.98 Å². The van der Waals surface area contributed by atoms with Crippen molar-refractivity contribution >= 4 is 17.1 Å². The molecule has 0 aliphatic heterocycles. The molecule has 0 aliphatic carbocycles. The Morgan fingerprint density at radius 3 is 2.52 bits per heavy atom. The number of rotatable bonds is 4. The van der Waals surface area contributed by atoms with Gasteiger partial charge in [-0.15, -0.1) is 0 Å². The number of benzene rings is 2. The highest BCUT2D eigenvalue weighted by molar-refractivity contribution is 5.74. The molecule has 0 aliphatic rings. The standard InChI is InChI=1S/C19H15N3O/c1-2-6-18-17(5-1)22-19(23-18)21-12-14-7-9-15(10-8-14)16-4-3-11-20-13-16/h1-11,13H,12H2,(H,21,22). The van der Waals surface area contributed by atoms with Crippen LogP contribution in [0.15, 0.2) is 77.5 Å².